The van der Waals surface area contributed by atoms with Crippen molar-refractivity contribution < 1.29 is 13.6 Å². The topological polar surface area (TPSA) is 74.5 Å². The Labute approximate surface area is 172 Å². The Morgan fingerprint density at radius 3 is 2.83 bits per heavy atom. The average molecular weight is 415 g/mol. The van der Waals surface area contributed by atoms with Gasteiger partial charge in [0.05, 0.1) is 23.4 Å². The van der Waals surface area contributed by atoms with E-state index in [1.165, 1.54) is 23.7 Å². The van der Waals surface area contributed by atoms with Crippen molar-refractivity contribution in [3.8, 4) is 0 Å². The lowest BCUT2D eigenvalue weighted by Gasteiger charge is -2.35. The van der Waals surface area contributed by atoms with Crippen LogP contribution in [0.2, 0.25) is 0 Å². The Morgan fingerprint density at radius 1 is 1.24 bits per heavy atom. The molecule has 0 unspecified atom stereocenters. The van der Waals surface area contributed by atoms with E-state index in [-0.39, 0.29) is 17.4 Å². The molecule has 2 aromatic heterocycles. The van der Waals surface area contributed by atoms with Crippen LogP contribution in [0.4, 0.5) is 10.1 Å². The van der Waals surface area contributed by atoms with Gasteiger partial charge < -0.3 is 14.6 Å². The minimum absolute atomic E-state index is 0.195. The van der Waals surface area contributed by atoms with E-state index >= 15 is 0 Å². The van der Waals surface area contributed by atoms with Crippen molar-refractivity contribution in [1.82, 2.24) is 20.2 Å². The van der Waals surface area contributed by atoms with Crippen molar-refractivity contribution in [3.05, 3.63) is 64.5 Å². The first-order valence-corrected chi connectivity index (χ1v) is 10.4. The minimum atomic E-state index is -0.250. The van der Waals surface area contributed by atoms with Crippen LogP contribution in [0.15, 0.2) is 45.8 Å². The summed E-state index contributed by atoms with van der Waals surface area (Å²) in [6.45, 7) is 4.02. The number of piperazine rings is 1. The maximum Gasteiger partial charge on any atom is 0.273 e. The molecule has 1 amide bonds. The van der Waals surface area contributed by atoms with Crippen LogP contribution in [0.1, 0.15) is 22.1 Å². The van der Waals surface area contributed by atoms with Crippen molar-refractivity contribution in [2.45, 2.75) is 13.0 Å². The number of benzene rings is 1. The molecule has 0 atom stereocenters. The van der Waals surface area contributed by atoms with E-state index in [2.05, 4.69) is 20.2 Å². The number of carbonyl (C=O) groups is 1. The molecule has 9 heteroatoms. The van der Waals surface area contributed by atoms with Crippen LogP contribution in [-0.4, -0.2) is 53.5 Å². The normalized spacial score (nSPS) is 14.9. The van der Waals surface area contributed by atoms with E-state index in [1.54, 1.807) is 17.6 Å². The second-order valence-corrected chi connectivity index (χ2v) is 7.55. The predicted molar refractivity (Wildman–Crippen MR) is 109 cm³/mol. The Balaban J connectivity index is 1.24. The fourth-order valence-electron chi connectivity index (χ4n) is 3.29. The highest BCUT2D eigenvalue weighted by Gasteiger charge is 2.21. The molecule has 1 saturated heterocycles. The van der Waals surface area contributed by atoms with Gasteiger partial charge in [-0.3, -0.25) is 9.69 Å². The maximum absolute atomic E-state index is 13.9. The number of nitrogens with zero attached hydrogens (tertiary/aromatic N) is 4. The van der Waals surface area contributed by atoms with Gasteiger partial charge in [0.15, 0.2) is 5.69 Å². The summed E-state index contributed by atoms with van der Waals surface area (Å²) in [6.07, 6.45) is 2.08. The fourth-order valence-corrected chi connectivity index (χ4v) is 3.88. The molecular weight excluding hydrogens is 393 g/mol. The molecule has 1 N–H and O–H groups in total. The van der Waals surface area contributed by atoms with Gasteiger partial charge in [0.1, 0.15) is 12.1 Å². The summed E-state index contributed by atoms with van der Waals surface area (Å²) < 4.78 is 19.4. The van der Waals surface area contributed by atoms with Gasteiger partial charge in [-0.25, -0.2) is 14.4 Å². The number of oxazole rings is 1. The van der Waals surface area contributed by atoms with Crippen molar-refractivity contribution in [2.24, 2.45) is 0 Å². The summed E-state index contributed by atoms with van der Waals surface area (Å²) in [5.41, 5.74) is 3.66. The van der Waals surface area contributed by atoms with Gasteiger partial charge in [-0.2, -0.15) is 0 Å². The number of thiazole rings is 1. The third kappa shape index (κ3) is 4.99. The van der Waals surface area contributed by atoms with Gasteiger partial charge in [0, 0.05) is 44.5 Å². The first kappa shape index (κ1) is 19.5. The summed E-state index contributed by atoms with van der Waals surface area (Å²) in [7, 11) is 0. The van der Waals surface area contributed by atoms with Gasteiger partial charge in [0.25, 0.3) is 5.91 Å². The molecule has 0 saturated carbocycles. The summed E-state index contributed by atoms with van der Waals surface area (Å²) >= 11 is 1.54. The molecule has 3 aromatic rings. The third-order valence-corrected chi connectivity index (χ3v) is 5.49. The minimum Gasteiger partial charge on any atom is -0.447 e. The second-order valence-electron chi connectivity index (χ2n) is 6.83. The number of carbonyl (C=O) groups excluding carboxylic acids is 1. The van der Waals surface area contributed by atoms with Crippen LogP contribution in [0.5, 0.6) is 0 Å². The van der Waals surface area contributed by atoms with E-state index in [0.29, 0.717) is 31.1 Å². The second kappa shape index (κ2) is 9.15. The number of para-hydroxylation sites is 1. The molecule has 0 aliphatic carbocycles. The Kier molecular flexibility index (Phi) is 6.16. The fraction of sp³-hybridized carbons (Fsp3) is 0.350. The number of hydrogen-bond acceptors (Lipinski definition) is 7. The number of nitrogens with one attached hydrogen (secondary N) is 1. The zero-order valence-corrected chi connectivity index (χ0v) is 16.7. The highest BCUT2D eigenvalue weighted by molar-refractivity contribution is 7.07. The van der Waals surface area contributed by atoms with Gasteiger partial charge in [-0.1, -0.05) is 12.1 Å². The first-order chi connectivity index (χ1) is 14.2. The molecule has 4 rings (SSSR count). The summed E-state index contributed by atoms with van der Waals surface area (Å²) in [5.74, 6) is 0.0627. The average Bonchev–Trinajstić information content (AvgIpc) is 3.41. The lowest BCUT2D eigenvalue weighted by molar-refractivity contribution is 0.0949. The molecule has 0 spiro atoms. The molecule has 0 bridgehead atoms. The maximum atomic E-state index is 13.9. The zero-order valence-electron chi connectivity index (χ0n) is 15.9. The largest absolute Gasteiger partial charge is 0.447 e. The van der Waals surface area contributed by atoms with Crippen LogP contribution in [-0.2, 0) is 13.0 Å². The lowest BCUT2D eigenvalue weighted by Crippen LogP contribution is -2.46. The van der Waals surface area contributed by atoms with Gasteiger partial charge >= 0.3 is 0 Å². The summed E-state index contributed by atoms with van der Waals surface area (Å²) in [4.78, 5) is 24.9. The highest BCUT2D eigenvalue weighted by Crippen LogP contribution is 2.20. The van der Waals surface area contributed by atoms with Crippen molar-refractivity contribution >= 4 is 22.9 Å². The van der Waals surface area contributed by atoms with Gasteiger partial charge in [0.2, 0.25) is 5.89 Å². The predicted octanol–water partition coefficient (Wildman–Crippen LogP) is 2.56. The molecule has 1 fully saturated rings. The Morgan fingerprint density at radius 2 is 2.07 bits per heavy atom. The standard InChI is InChI=1S/C20H22FN5O2S/c21-16-3-1-2-4-18(16)26-9-7-25(8-10-26)11-19-24-17(12-28-19)20(27)22-6-5-15-13-29-14-23-15/h1-4,12-14H,5-11H2,(H,22,27). The number of halogens is 1. The molecule has 1 aliphatic heterocycles. The van der Waals surface area contributed by atoms with Crippen LogP contribution >= 0.6 is 11.3 Å². The number of hydrogen-bond donors (Lipinski definition) is 1. The van der Waals surface area contributed by atoms with Crippen LogP contribution in [0.25, 0.3) is 0 Å². The monoisotopic (exact) mass is 415 g/mol. The number of anilines is 1. The van der Waals surface area contributed by atoms with E-state index in [1.807, 2.05) is 16.3 Å². The van der Waals surface area contributed by atoms with Crippen LogP contribution in [0.3, 0.4) is 0 Å². The molecule has 29 heavy (non-hydrogen) atoms. The number of aromatic nitrogens is 2. The molecule has 0 radical (unpaired) electrons. The SMILES string of the molecule is O=C(NCCc1cscn1)c1coc(CN2CCN(c3ccccc3F)CC2)n1. The van der Waals surface area contributed by atoms with Crippen LogP contribution < -0.4 is 10.2 Å². The van der Waals surface area contributed by atoms with Crippen molar-refractivity contribution in [1.29, 1.82) is 0 Å². The van der Waals surface area contributed by atoms with Gasteiger partial charge in [-0.05, 0) is 12.1 Å². The molecule has 3 heterocycles. The lowest BCUT2D eigenvalue weighted by atomic mass is 10.2. The number of amides is 1. The smallest absolute Gasteiger partial charge is 0.273 e. The molecule has 1 aliphatic rings. The molecular formula is C20H22FN5O2S. The highest BCUT2D eigenvalue weighted by atomic mass is 32.1. The van der Waals surface area contributed by atoms with E-state index in [4.69, 9.17) is 4.42 Å². The van der Waals surface area contributed by atoms with Crippen LogP contribution in [0, 0.1) is 5.82 Å². The quantitative estimate of drug-likeness (QED) is 0.639. The van der Waals surface area contributed by atoms with Crippen molar-refractivity contribution in [3.63, 3.8) is 0 Å². The third-order valence-electron chi connectivity index (χ3n) is 4.86. The molecule has 152 valence electrons. The summed E-state index contributed by atoms with van der Waals surface area (Å²) in [6, 6.07) is 6.84. The molecule has 1 aromatic carbocycles. The Hall–Kier alpha value is -2.78. The van der Waals surface area contributed by atoms with E-state index < -0.39 is 0 Å². The van der Waals surface area contributed by atoms with Crippen molar-refractivity contribution in [2.75, 3.05) is 37.6 Å². The first-order valence-electron chi connectivity index (χ1n) is 9.50. The zero-order chi connectivity index (χ0) is 20.1. The Bertz CT molecular complexity index is 938. The summed E-state index contributed by atoms with van der Waals surface area (Å²) in [5, 5.41) is 4.80. The van der Waals surface area contributed by atoms with E-state index in [0.717, 1.165) is 31.9 Å². The van der Waals surface area contributed by atoms with E-state index in [9.17, 15) is 9.18 Å². The molecule has 7 nitrogen and oxygen atoms in total. The van der Waals surface area contributed by atoms with Gasteiger partial charge in [-0.15, -0.1) is 11.3 Å². The number of rotatable bonds is 7.